The number of carbonyl (C=O) groups is 1. The van der Waals surface area contributed by atoms with E-state index < -0.39 is 6.10 Å². The van der Waals surface area contributed by atoms with Crippen LogP contribution in [0.2, 0.25) is 0 Å². The van der Waals surface area contributed by atoms with Crippen LogP contribution in [0.15, 0.2) is 91.0 Å². The molecule has 1 aromatic heterocycles. The van der Waals surface area contributed by atoms with Gasteiger partial charge in [0.2, 0.25) is 0 Å². The van der Waals surface area contributed by atoms with Gasteiger partial charge in [0.15, 0.2) is 6.10 Å². The fourth-order valence-electron chi connectivity index (χ4n) is 4.28. The Bertz CT molecular complexity index is 1270. The Morgan fingerprint density at radius 1 is 0.811 bits per heavy atom. The van der Waals surface area contributed by atoms with E-state index in [2.05, 4.69) is 28.8 Å². The molecule has 1 atom stereocenters. The summed E-state index contributed by atoms with van der Waals surface area (Å²) in [4.78, 5) is 12.1. The molecule has 0 radical (unpaired) electrons. The van der Waals surface area contributed by atoms with Crippen molar-refractivity contribution in [3.8, 4) is 28.3 Å². The van der Waals surface area contributed by atoms with Crippen LogP contribution in [0.4, 0.5) is 4.39 Å². The van der Waals surface area contributed by atoms with Crippen LogP contribution in [0.1, 0.15) is 19.4 Å². The van der Waals surface area contributed by atoms with Gasteiger partial charge < -0.3 is 18.8 Å². The van der Waals surface area contributed by atoms with Crippen molar-refractivity contribution in [1.82, 2.24) is 4.57 Å². The zero-order valence-electron chi connectivity index (χ0n) is 21.2. The van der Waals surface area contributed by atoms with E-state index in [0.29, 0.717) is 32.8 Å². The van der Waals surface area contributed by atoms with Crippen molar-refractivity contribution in [3.63, 3.8) is 0 Å². The highest BCUT2D eigenvalue weighted by atomic mass is 19.1. The lowest BCUT2D eigenvalue weighted by Crippen LogP contribution is -2.28. The zero-order chi connectivity index (χ0) is 26.0. The van der Waals surface area contributed by atoms with Crippen LogP contribution in [0.3, 0.4) is 0 Å². The predicted octanol–water partition coefficient (Wildman–Crippen LogP) is 6.55. The minimum Gasteiger partial charge on any atom is -0.492 e. The first-order valence-electron chi connectivity index (χ1n) is 12.6. The maximum Gasteiger partial charge on any atom is 0.335 e. The summed E-state index contributed by atoms with van der Waals surface area (Å²) in [6.45, 7) is 5.47. The molecule has 0 aliphatic carbocycles. The largest absolute Gasteiger partial charge is 0.492 e. The summed E-state index contributed by atoms with van der Waals surface area (Å²) in [6.07, 6.45) is -0.177. The fraction of sp³-hybridized carbons (Fsp3) is 0.258. The molecular weight excluding hydrogens is 469 g/mol. The molecule has 4 aromatic rings. The van der Waals surface area contributed by atoms with E-state index in [1.165, 1.54) is 12.1 Å². The van der Waals surface area contributed by atoms with Crippen molar-refractivity contribution in [1.29, 1.82) is 0 Å². The van der Waals surface area contributed by atoms with E-state index in [9.17, 15) is 9.18 Å². The average molecular weight is 502 g/mol. The maximum absolute atomic E-state index is 13.5. The highest BCUT2D eigenvalue weighted by Gasteiger charge is 2.20. The first kappa shape index (κ1) is 26.2. The molecule has 0 aliphatic rings. The number of hydrogen-bond donors (Lipinski definition) is 0. The first-order valence-corrected chi connectivity index (χ1v) is 12.6. The van der Waals surface area contributed by atoms with E-state index in [0.717, 1.165) is 33.8 Å². The van der Waals surface area contributed by atoms with Crippen LogP contribution < -0.4 is 4.74 Å². The van der Waals surface area contributed by atoms with Gasteiger partial charge >= 0.3 is 5.97 Å². The van der Waals surface area contributed by atoms with Crippen molar-refractivity contribution in [2.24, 2.45) is 0 Å². The average Bonchev–Trinajstić information content (AvgIpc) is 3.34. The van der Waals surface area contributed by atoms with Gasteiger partial charge in [-0.05, 0) is 79.1 Å². The van der Waals surface area contributed by atoms with E-state index in [-0.39, 0.29) is 11.8 Å². The van der Waals surface area contributed by atoms with E-state index >= 15 is 0 Å². The van der Waals surface area contributed by atoms with Crippen LogP contribution in [0.25, 0.3) is 22.5 Å². The highest BCUT2D eigenvalue weighted by molar-refractivity contribution is 5.75. The second-order valence-electron chi connectivity index (χ2n) is 8.52. The molecule has 4 rings (SSSR count). The van der Waals surface area contributed by atoms with Crippen molar-refractivity contribution >= 4 is 5.97 Å². The minimum atomic E-state index is -0.619. The van der Waals surface area contributed by atoms with E-state index in [1.54, 1.807) is 19.1 Å². The quantitative estimate of drug-likeness (QED) is 0.207. The molecule has 0 spiro atoms. The molecule has 0 aliphatic heterocycles. The van der Waals surface area contributed by atoms with E-state index in [1.807, 2.05) is 49.4 Å². The lowest BCUT2D eigenvalue weighted by atomic mass is 10.1. The Morgan fingerprint density at radius 3 is 2.08 bits per heavy atom. The number of carbonyl (C=O) groups excluding carboxylic acids is 1. The molecular formula is C31H32FNO4. The van der Waals surface area contributed by atoms with Gasteiger partial charge in [-0.2, -0.15) is 0 Å². The van der Waals surface area contributed by atoms with Gasteiger partial charge in [0, 0.05) is 24.4 Å². The molecule has 0 amide bonds. The summed E-state index contributed by atoms with van der Waals surface area (Å²) >= 11 is 0. The molecule has 5 nitrogen and oxygen atoms in total. The van der Waals surface area contributed by atoms with Crippen LogP contribution in [-0.2, 0) is 27.2 Å². The van der Waals surface area contributed by atoms with Gasteiger partial charge in [-0.1, -0.05) is 42.5 Å². The number of aromatic nitrogens is 1. The van der Waals surface area contributed by atoms with Crippen LogP contribution >= 0.6 is 0 Å². The molecule has 0 unspecified atom stereocenters. The molecule has 0 saturated carbocycles. The normalized spacial score (nSPS) is 11.8. The van der Waals surface area contributed by atoms with Crippen LogP contribution in [0.5, 0.6) is 5.75 Å². The number of hydrogen-bond acceptors (Lipinski definition) is 4. The molecule has 0 bridgehead atoms. The number of benzene rings is 3. The number of nitrogens with zero attached hydrogens (tertiary/aromatic N) is 1. The molecule has 0 N–H and O–H groups in total. The molecule has 0 saturated heterocycles. The van der Waals surface area contributed by atoms with Crippen LogP contribution in [-0.4, -0.2) is 36.5 Å². The molecule has 37 heavy (non-hydrogen) atoms. The van der Waals surface area contributed by atoms with Crippen LogP contribution in [0, 0.1) is 5.82 Å². The summed E-state index contributed by atoms with van der Waals surface area (Å²) in [7, 11) is 0. The number of ether oxygens (including phenoxy) is 3. The molecule has 1 heterocycles. The van der Waals surface area contributed by atoms with Crippen molar-refractivity contribution in [2.75, 3.05) is 19.8 Å². The Hall–Kier alpha value is -3.90. The third kappa shape index (κ3) is 6.86. The van der Waals surface area contributed by atoms with Gasteiger partial charge in [0.05, 0.1) is 13.2 Å². The smallest absolute Gasteiger partial charge is 0.335 e. The Labute approximate surface area is 217 Å². The topological polar surface area (TPSA) is 49.7 Å². The summed E-state index contributed by atoms with van der Waals surface area (Å²) in [5.41, 5.74) is 5.08. The van der Waals surface area contributed by atoms with Gasteiger partial charge in [-0.25, -0.2) is 9.18 Å². The second kappa shape index (κ2) is 12.9. The SMILES string of the molecule is CCOC(=O)[C@@H](Cc1ccc(OCCn2c(-c3ccccc3)ccc2-c2ccc(F)cc2)cc1)OCC. The maximum atomic E-state index is 13.5. The zero-order valence-corrected chi connectivity index (χ0v) is 21.2. The lowest BCUT2D eigenvalue weighted by Gasteiger charge is -2.16. The molecule has 192 valence electrons. The third-order valence-corrected chi connectivity index (χ3v) is 6.04. The lowest BCUT2D eigenvalue weighted by molar-refractivity contribution is -0.156. The minimum absolute atomic E-state index is 0.258. The third-order valence-electron chi connectivity index (χ3n) is 6.04. The fourth-order valence-corrected chi connectivity index (χ4v) is 4.28. The van der Waals surface area contributed by atoms with Crippen molar-refractivity contribution < 1.29 is 23.4 Å². The standard InChI is InChI=1S/C31H32FNO4/c1-3-35-30(31(34)36-4-2)22-23-10-16-27(17-11-23)37-21-20-33-28(24-8-6-5-7-9-24)18-19-29(33)25-12-14-26(32)15-13-25/h5-19,30H,3-4,20-22H2,1-2H3/t30-/m1/s1. The second-order valence-corrected chi connectivity index (χ2v) is 8.52. The van der Waals surface area contributed by atoms with Gasteiger partial charge in [0.1, 0.15) is 18.2 Å². The van der Waals surface area contributed by atoms with Crippen molar-refractivity contribution in [3.05, 3.63) is 102 Å². The van der Waals surface area contributed by atoms with Gasteiger partial charge in [-0.3, -0.25) is 0 Å². The summed E-state index contributed by atoms with van der Waals surface area (Å²) in [6, 6.07) is 28.5. The van der Waals surface area contributed by atoms with Gasteiger partial charge in [0.25, 0.3) is 0 Å². The van der Waals surface area contributed by atoms with Gasteiger partial charge in [-0.15, -0.1) is 0 Å². The Kier molecular flexibility index (Phi) is 9.11. The molecule has 3 aromatic carbocycles. The first-order chi connectivity index (χ1) is 18.1. The number of halogens is 1. The Morgan fingerprint density at radius 2 is 1.46 bits per heavy atom. The summed E-state index contributed by atoms with van der Waals surface area (Å²) < 4.78 is 32.5. The molecule has 6 heteroatoms. The predicted molar refractivity (Wildman–Crippen MR) is 143 cm³/mol. The number of esters is 1. The van der Waals surface area contributed by atoms with Crippen molar-refractivity contribution in [2.45, 2.75) is 32.9 Å². The highest BCUT2D eigenvalue weighted by Crippen LogP contribution is 2.29. The summed E-state index contributed by atoms with van der Waals surface area (Å²) in [5, 5.41) is 0. The monoisotopic (exact) mass is 501 g/mol. The molecule has 0 fully saturated rings. The summed E-state index contributed by atoms with van der Waals surface area (Å²) in [5.74, 6) is 0.138. The van der Waals surface area contributed by atoms with E-state index in [4.69, 9.17) is 14.2 Å². The Balaban J connectivity index is 1.45. The number of rotatable bonds is 12.